The number of hydrogen-bond donors (Lipinski definition) is 1. The summed E-state index contributed by atoms with van der Waals surface area (Å²) in [6.45, 7) is -0.00636. The second-order valence-electron chi connectivity index (χ2n) is 3.76. The minimum Gasteiger partial charge on any atom is -0.392 e. The summed E-state index contributed by atoms with van der Waals surface area (Å²) in [7, 11) is 0. The molecule has 3 heterocycles. The van der Waals surface area contributed by atoms with Gasteiger partial charge in [-0.25, -0.2) is 0 Å². The molecule has 0 saturated heterocycles. The lowest BCUT2D eigenvalue weighted by molar-refractivity contribution is 0.282. The highest BCUT2D eigenvalue weighted by Gasteiger charge is 2.12. The van der Waals surface area contributed by atoms with Gasteiger partial charge in [-0.1, -0.05) is 6.07 Å². The molecule has 3 aromatic heterocycles. The topological polar surface area (TPSA) is 50.4 Å². The maximum atomic E-state index is 9.42. The van der Waals surface area contributed by atoms with Gasteiger partial charge in [-0.05, 0) is 18.2 Å². The highest BCUT2D eigenvalue weighted by atomic mass is 16.3. The van der Waals surface area contributed by atoms with E-state index in [4.69, 9.17) is 0 Å². The monoisotopic (exact) mass is 225 g/mol. The van der Waals surface area contributed by atoms with E-state index in [1.807, 2.05) is 34.9 Å². The van der Waals surface area contributed by atoms with Crippen molar-refractivity contribution in [3.05, 3.63) is 54.6 Å². The zero-order chi connectivity index (χ0) is 11.7. The van der Waals surface area contributed by atoms with Crippen LogP contribution in [0.25, 0.3) is 16.9 Å². The van der Waals surface area contributed by atoms with Gasteiger partial charge < -0.3 is 9.51 Å². The second kappa shape index (κ2) is 3.99. The van der Waals surface area contributed by atoms with Gasteiger partial charge in [0.25, 0.3) is 0 Å². The summed E-state index contributed by atoms with van der Waals surface area (Å²) < 4.78 is 2.01. The number of rotatable bonds is 2. The predicted molar refractivity (Wildman–Crippen MR) is 64.3 cm³/mol. The summed E-state index contributed by atoms with van der Waals surface area (Å²) in [5.74, 6) is 0. The van der Waals surface area contributed by atoms with E-state index in [-0.39, 0.29) is 6.61 Å². The summed E-state index contributed by atoms with van der Waals surface area (Å²) in [5.41, 5.74) is 3.56. The Morgan fingerprint density at radius 3 is 2.94 bits per heavy atom. The first-order valence-electron chi connectivity index (χ1n) is 5.36. The van der Waals surface area contributed by atoms with Crippen LogP contribution in [0.1, 0.15) is 5.56 Å². The third-order valence-corrected chi connectivity index (χ3v) is 2.73. The predicted octanol–water partition coefficient (Wildman–Crippen LogP) is 1.89. The lowest BCUT2D eigenvalue weighted by atomic mass is 10.2. The normalized spacial score (nSPS) is 10.9. The summed E-state index contributed by atoms with van der Waals surface area (Å²) in [4.78, 5) is 8.35. The van der Waals surface area contributed by atoms with Crippen LogP contribution in [0.2, 0.25) is 0 Å². The molecular formula is C13H11N3O. The highest BCUT2D eigenvalue weighted by molar-refractivity contribution is 5.68. The number of aliphatic hydroxyl groups is 1. The molecule has 17 heavy (non-hydrogen) atoms. The zero-order valence-electron chi connectivity index (χ0n) is 9.11. The van der Waals surface area contributed by atoms with Gasteiger partial charge in [0.1, 0.15) is 5.69 Å². The van der Waals surface area contributed by atoms with Crippen LogP contribution in [0.3, 0.4) is 0 Å². The van der Waals surface area contributed by atoms with Crippen molar-refractivity contribution in [1.82, 2.24) is 14.4 Å². The zero-order valence-corrected chi connectivity index (χ0v) is 9.11. The molecule has 3 aromatic rings. The number of aromatic nitrogens is 3. The Labute approximate surface area is 98.2 Å². The highest BCUT2D eigenvalue weighted by Crippen LogP contribution is 2.25. The molecule has 0 fully saturated rings. The van der Waals surface area contributed by atoms with E-state index in [9.17, 15) is 5.11 Å². The molecule has 84 valence electrons. The van der Waals surface area contributed by atoms with Crippen LogP contribution in [-0.4, -0.2) is 19.5 Å². The van der Waals surface area contributed by atoms with Crippen molar-refractivity contribution in [2.24, 2.45) is 0 Å². The van der Waals surface area contributed by atoms with Crippen molar-refractivity contribution in [2.45, 2.75) is 6.61 Å². The lowest BCUT2D eigenvalue weighted by Gasteiger charge is -2.03. The molecule has 0 spiro atoms. The minimum absolute atomic E-state index is 0.00636. The minimum atomic E-state index is -0.00636. The molecule has 4 nitrogen and oxygen atoms in total. The fourth-order valence-corrected chi connectivity index (χ4v) is 2.01. The molecular weight excluding hydrogens is 214 g/mol. The average molecular weight is 225 g/mol. The third kappa shape index (κ3) is 1.59. The molecule has 0 aliphatic heterocycles. The van der Waals surface area contributed by atoms with Crippen molar-refractivity contribution >= 4 is 5.52 Å². The molecule has 0 radical (unpaired) electrons. The van der Waals surface area contributed by atoms with E-state index in [1.54, 1.807) is 18.6 Å². The molecule has 0 atom stereocenters. The Hall–Kier alpha value is -2.20. The van der Waals surface area contributed by atoms with Crippen LogP contribution in [0.15, 0.2) is 49.1 Å². The van der Waals surface area contributed by atoms with E-state index < -0.39 is 0 Å². The molecule has 0 amide bonds. The largest absolute Gasteiger partial charge is 0.392 e. The molecule has 0 aliphatic rings. The third-order valence-electron chi connectivity index (χ3n) is 2.73. The quantitative estimate of drug-likeness (QED) is 0.724. The van der Waals surface area contributed by atoms with E-state index in [0.717, 1.165) is 22.5 Å². The molecule has 1 N–H and O–H groups in total. The Balaban J connectivity index is 2.34. The molecule has 4 heteroatoms. The fraction of sp³-hybridized carbons (Fsp3) is 0.0769. The maximum Gasteiger partial charge on any atom is 0.106 e. The fourth-order valence-electron chi connectivity index (χ4n) is 2.01. The van der Waals surface area contributed by atoms with Crippen LogP contribution in [0.5, 0.6) is 0 Å². The van der Waals surface area contributed by atoms with Crippen molar-refractivity contribution < 1.29 is 5.11 Å². The lowest BCUT2D eigenvalue weighted by Crippen LogP contribution is -1.93. The Kier molecular flexibility index (Phi) is 2.34. The van der Waals surface area contributed by atoms with Gasteiger partial charge in [-0.2, -0.15) is 0 Å². The number of hydrogen-bond acceptors (Lipinski definition) is 3. The molecule has 0 unspecified atom stereocenters. The number of pyridine rings is 1. The summed E-state index contributed by atoms with van der Waals surface area (Å²) in [5, 5.41) is 9.42. The van der Waals surface area contributed by atoms with Gasteiger partial charge in [0.05, 0.1) is 18.5 Å². The van der Waals surface area contributed by atoms with E-state index >= 15 is 0 Å². The van der Waals surface area contributed by atoms with Gasteiger partial charge in [0, 0.05) is 29.7 Å². The number of fused-ring (bicyclic) bond motifs is 1. The number of nitrogens with zero attached hydrogens (tertiary/aromatic N) is 3. The van der Waals surface area contributed by atoms with Gasteiger partial charge in [0.2, 0.25) is 0 Å². The molecule has 0 aromatic carbocycles. The summed E-state index contributed by atoms with van der Waals surface area (Å²) in [6.07, 6.45) is 6.95. The Morgan fingerprint density at radius 1 is 1.24 bits per heavy atom. The van der Waals surface area contributed by atoms with Crippen molar-refractivity contribution in [1.29, 1.82) is 0 Å². The second-order valence-corrected chi connectivity index (χ2v) is 3.76. The van der Waals surface area contributed by atoms with Crippen LogP contribution in [-0.2, 0) is 6.61 Å². The van der Waals surface area contributed by atoms with Gasteiger partial charge in [-0.15, -0.1) is 0 Å². The average Bonchev–Trinajstić information content (AvgIpc) is 2.78. The molecule has 0 bridgehead atoms. The maximum absolute atomic E-state index is 9.42. The first-order chi connectivity index (χ1) is 8.40. The van der Waals surface area contributed by atoms with Crippen LogP contribution >= 0.6 is 0 Å². The van der Waals surface area contributed by atoms with Crippen LogP contribution < -0.4 is 0 Å². The van der Waals surface area contributed by atoms with Gasteiger partial charge in [0.15, 0.2) is 0 Å². The first kappa shape index (κ1) is 9.99. The Bertz CT molecular complexity index is 646. The van der Waals surface area contributed by atoms with Gasteiger partial charge >= 0.3 is 0 Å². The van der Waals surface area contributed by atoms with E-state index in [0.29, 0.717) is 0 Å². The van der Waals surface area contributed by atoms with E-state index in [1.165, 1.54) is 0 Å². The first-order valence-corrected chi connectivity index (χ1v) is 5.36. The van der Waals surface area contributed by atoms with E-state index in [2.05, 4.69) is 9.97 Å². The smallest absolute Gasteiger partial charge is 0.106 e. The molecule has 0 saturated carbocycles. The Morgan fingerprint density at radius 2 is 2.18 bits per heavy atom. The van der Waals surface area contributed by atoms with Crippen molar-refractivity contribution in [3.8, 4) is 11.4 Å². The van der Waals surface area contributed by atoms with Crippen LogP contribution in [0, 0.1) is 0 Å². The SMILES string of the molecule is OCc1cc2ccccn2c1-c1cnccn1. The molecule has 3 rings (SSSR count). The van der Waals surface area contributed by atoms with Crippen molar-refractivity contribution in [2.75, 3.05) is 0 Å². The van der Waals surface area contributed by atoms with Gasteiger partial charge in [-0.3, -0.25) is 9.97 Å². The van der Waals surface area contributed by atoms with Crippen LogP contribution in [0.4, 0.5) is 0 Å². The standard InChI is InChI=1S/C13H11N3O/c17-9-10-7-11-3-1-2-6-16(11)13(10)12-8-14-4-5-15-12/h1-8,17H,9H2. The summed E-state index contributed by atoms with van der Waals surface area (Å²) >= 11 is 0. The molecule has 0 aliphatic carbocycles. The summed E-state index contributed by atoms with van der Waals surface area (Å²) in [6, 6.07) is 7.88. The van der Waals surface area contributed by atoms with Crippen molar-refractivity contribution in [3.63, 3.8) is 0 Å². The number of aliphatic hydroxyl groups excluding tert-OH is 1.